The summed E-state index contributed by atoms with van der Waals surface area (Å²) in [4.78, 5) is 2.33. The maximum atomic E-state index is 5.72. The van der Waals surface area contributed by atoms with Crippen molar-refractivity contribution in [2.24, 2.45) is 0 Å². The first-order valence-electron chi connectivity index (χ1n) is 7.01. The number of fused-ring (bicyclic) bond motifs is 1. The Kier molecular flexibility index (Phi) is 5.48. The Morgan fingerprint density at radius 1 is 1.21 bits per heavy atom. The minimum absolute atomic E-state index is 0.745. The van der Waals surface area contributed by atoms with Crippen LogP contribution in [0.15, 0.2) is 18.2 Å². The lowest BCUT2D eigenvalue weighted by Gasteiger charge is -2.17. The molecule has 0 saturated heterocycles. The second-order valence-electron chi connectivity index (χ2n) is 5.03. The average molecular weight is 264 g/mol. The Bertz CT molecular complexity index is 396. The fourth-order valence-corrected chi connectivity index (χ4v) is 2.22. The van der Waals surface area contributed by atoms with Crippen LogP contribution in [-0.4, -0.2) is 45.3 Å². The van der Waals surface area contributed by atoms with E-state index in [-0.39, 0.29) is 0 Å². The minimum Gasteiger partial charge on any atom is -0.490 e. The quantitative estimate of drug-likeness (QED) is 0.796. The van der Waals surface area contributed by atoms with E-state index in [9.17, 15) is 0 Å². The molecule has 0 spiro atoms. The molecule has 1 aliphatic heterocycles. The van der Waals surface area contributed by atoms with Gasteiger partial charge in [-0.3, -0.25) is 0 Å². The lowest BCUT2D eigenvalue weighted by molar-refractivity contribution is 0.296. The van der Waals surface area contributed by atoms with Crippen LogP contribution in [-0.2, 0) is 6.54 Å². The molecule has 0 aromatic heterocycles. The first-order chi connectivity index (χ1) is 9.29. The third kappa shape index (κ3) is 4.40. The first-order valence-corrected chi connectivity index (χ1v) is 7.01. The SMILES string of the molecule is CNCCCN(C)Cc1ccc2c(c1)OCCCO2. The molecule has 106 valence electrons. The van der Waals surface area contributed by atoms with E-state index in [1.54, 1.807) is 0 Å². The van der Waals surface area contributed by atoms with Gasteiger partial charge in [-0.05, 0) is 51.3 Å². The van der Waals surface area contributed by atoms with Crippen molar-refractivity contribution >= 4 is 0 Å². The maximum absolute atomic E-state index is 5.72. The van der Waals surface area contributed by atoms with Gasteiger partial charge in [0.15, 0.2) is 11.5 Å². The lowest BCUT2D eigenvalue weighted by Crippen LogP contribution is -2.22. The summed E-state index contributed by atoms with van der Waals surface area (Å²) >= 11 is 0. The van der Waals surface area contributed by atoms with Gasteiger partial charge in [0.25, 0.3) is 0 Å². The van der Waals surface area contributed by atoms with E-state index in [1.165, 1.54) is 5.56 Å². The Labute approximate surface area is 115 Å². The number of hydrogen-bond donors (Lipinski definition) is 1. The standard InChI is InChI=1S/C15H24N2O2/c1-16-7-3-8-17(2)12-13-5-6-14-15(11-13)19-10-4-9-18-14/h5-6,11,16H,3-4,7-10,12H2,1-2H3. The van der Waals surface area contributed by atoms with Crippen LogP contribution in [0.5, 0.6) is 11.5 Å². The van der Waals surface area contributed by atoms with Crippen LogP contribution in [0.2, 0.25) is 0 Å². The van der Waals surface area contributed by atoms with Gasteiger partial charge in [-0.1, -0.05) is 6.07 Å². The summed E-state index contributed by atoms with van der Waals surface area (Å²) in [5, 5.41) is 3.17. The summed E-state index contributed by atoms with van der Waals surface area (Å²) in [6.45, 7) is 4.59. The van der Waals surface area contributed by atoms with Crippen LogP contribution in [0.4, 0.5) is 0 Å². The van der Waals surface area contributed by atoms with Crippen LogP contribution in [0.3, 0.4) is 0 Å². The number of hydrogen-bond acceptors (Lipinski definition) is 4. The molecule has 0 unspecified atom stereocenters. The van der Waals surface area contributed by atoms with E-state index < -0.39 is 0 Å². The normalized spacial score (nSPS) is 14.5. The molecule has 0 bridgehead atoms. The van der Waals surface area contributed by atoms with E-state index in [0.717, 1.165) is 57.2 Å². The van der Waals surface area contributed by atoms with E-state index in [2.05, 4.69) is 29.4 Å². The molecule has 4 heteroatoms. The molecule has 0 fully saturated rings. The predicted molar refractivity (Wildman–Crippen MR) is 76.9 cm³/mol. The van der Waals surface area contributed by atoms with Gasteiger partial charge < -0.3 is 19.7 Å². The Balaban J connectivity index is 1.92. The van der Waals surface area contributed by atoms with E-state index in [4.69, 9.17) is 9.47 Å². The molecule has 0 aliphatic carbocycles. The molecular weight excluding hydrogens is 240 g/mol. The molecule has 4 nitrogen and oxygen atoms in total. The third-order valence-electron chi connectivity index (χ3n) is 3.23. The second kappa shape index (κ2) is 7.36. The Morgan fingerprint density at radius 3 is 2.79 bits per heavy atom. The average Bonchev–Trinajstić information content (AvgIpc) is 2.63. The molecule has 0 atom stereocenters. The van der Waals surface area contributed by atoms with Gasteiger partial charge in [0.05, 0.1) is 13.2 Å². The summed E-state index contributed by atoms with van der Waals surface area (Å²) in [6.07, 6.45) is 2.12. The zero-order chi connectivity index (χ0) is 13.5. The number of nitrogens with one attached hydrogen (secondary N) is 1. The van der Waals surface area contributed by atoms with Crippen LogP contribution in [0, 0.1) is 0 Å². The van der Waals surface area contributed by atoms with Crippen molar-refractivity contribution in [1.82, 2.24) is 10.2 Å². The highest BCUT2D eigenvalue weighted by molar-refractivity contribution is 5.43. The first kappa shape index (κ1) is 14.2. The van der Waals surface area contributed by atoms with Crippen molar-refractivity contribution in [2.45, 2.75) is 19.4 Å². The van der Waals surface area contributed by atoms with Crippen molar-refractivity contribution in [3.63, 3.8) is 0 Å². The molecule has 0 radical (unpaired) electrons. The highest BCUT2D eigenvalue weighted by Crippen LogP contribution is 2.30. The van der Waals surface area contributed by atoms with Crippen LogP contribution in [0.25, 0.3) is 0 Å². The largest absolute Gasteiger partial charge is 0.490 e. The Hall–Kier alpha value is -1.26. The van der Waals surface area contributed by atoms with Crippen molar-refractivity contribution in [2.75, 3.05) is 40.4 Å². The fraction of sp³-hybridized carbons (Fsp3) is 0.600. The van der Waals surface area contributed by atoms with Gasteiger partial charge in [0, 0.05) is 13.0 Å². The highest BCUT2D eigenvalue weighted by Gasteiger charge is 2.11. The van der Waals surface area contributed by atoms with Gasteiger partial charge in [-0.15, -0.1) is 0 Å². The van der Waals surface area contributed by atoms with Gasteiger partial charge in [-0.25, -0.2) is 0 Å². The number of ether oxygens (including phenoxy) is 2. The van der Waals surface area contributed by atoms with Gasteiger partial charge in [-0.2, -0.15) is 0 Å². The molecule has 0 saturated carbocycles. The van der Waals surface area contributed by atoms with Crippen molar-refractivity contribution < 1.29 is 9.47 Å². The molecule has 1 aromatic rings. The van der Waals surface area contributed by atoms with Crippen LogP contribution >= 0.6 is 0 Å². The van der Waals surface area contributed by atoms with Crippen molar-refractivity contribution in [3.8, 4) is 11.5 Å². The molecule has 19 heavy (non-hydrogen) atoms. The van der Waals surface area contributed by atoms with Gasteiger partial charge in [0.2, 0.25) is 0 Å². The molecule has 2 rings (SSSR count). The fourth-order valence-electron chi connectivity index (χ4n) is 2.22. The van der Waals surface area contributed by atoms with E-state index >= 15 is 0 Å². The predicted octanol–water partition coefficient (Wildman–Crippen LogP) is 1.89. The van der Waals surface area contributed by atoms with Crippen LogP contribution < -0.4 is 14.8 Å². The molecule has 0 amide bonds. The molecular formula is C15H24N2O2. The lowest BCUT2D eigenvalue weighted by atomic mass is 10.2. The third-order valence-corrected chi connectivity index (χ3v) is 3.23. The highest BCUT2D eigenvalue weighted by atomic mass is 16.5. The van der Waals surface area contributed by atoms with Crippen molar-refractivity contribution in [1.29, 1.82) is 0 Å². The smallest absolute Gasteiger partial charge is 0.161 e. The summed E-state index contributed by atoms with van der Waals surface area (Å²) in [5.74, 6) is 1.76. The topological polar surface area (TPSA) is 33.7 Å². The zero-order valence-corrected chi connectivity index (χ0v) is 11.9. The summed E-state index contributed by atoms with van der Waals surface area (Å²) in [6, 6.07) is 6.26. The molecule has 1 N–H and O–H groups in total. The van der Waals surface area contributed by atoms with Crippen molar-refractivity contribution in [3.05, 3.63) is 23.8 Å². The van der Waals surface area contributed by atoms with Gasteiger partial charge in [0.1, 0.15) is 0 Å². The second-order valence-corrected chi connectivity index (χ2v) is 5.03. The number of nitrogens with zero attached hydrogens (tertiary/aromatic N) is 1. The van der Waals surface area contributed by atoms with E-state index in [1.807, 2.05) is 13.1 Å². The monoisotopic (exact) mass is 264 g/mol. The summed E-state index contributed by atoms with van der Waals surface area (Å²) in [5.41, 5.74) is 1.27. The molecule has 1 aliphatic rings. The summed E-state index contributed by atoms with van der Waals surface area (Å²) < 4.78 is 11.4. The zero-order valence-electron chi connectivity index (χ0n) is 11.9. The summed E-state index contributed by atoms with van der Waals surface area (Å²) in [7, 11) is 4.14. The minimum atomic E-state index is 0.745. The maximum Gasteiger partial charge on any atom is 0.161 e. The van der Waals surface area contributed by atoms with Gasteiger partial charge >= 0.3 is 0 Å². The number of rotatable bonds is 6. The Morgan fingerprint density at radius 2 is 2.00 bits per heavy atom. The van der Waals surface area contributed by atoms with E-state index in [0.29, 0.717) is 0 Å². The number of benzene rings is 1. The van der Waals surface area contributed by atoms with Crippen LogP contribution in [0.1, 0.15) is 18.4 Å². The molecule has 1 heterocycles. The molecule has 1 aromatic carbocycles.